The number of imidazole rings is 1. The van der Waals surface area contributed by atoms with Gasteiger partial charge in [0.1, 0.15) is 5.82 Å². The average molecular weight is 482 g/mol. The van der Waals surface area contributed by atoms with Gasteiger partial charge in [-0.15, -0.1) is 11.3 Å². The van der Waals surface area contributed by atoms with Gasteiger partial charge in [-0.2, -0.15) is 0 Å². The Hall–Kier alpha value is -2.67. The van der Waals surface area contributed by atoms with Gasteiger partial charge in [0.05, 0.1) is 17.5 Å². The Morgan fingerprint density at radius 1 is 1.21 bits per heavy atom. The molecular weight excluding hydrogens is 446 g/mol. The summed E-state index contributed by atoms with van der Waals surface area (Å²) in [4.78, 5) is 30.5. The fourth-order valence-electron chi connectivity index (χ4n) is 5.10. The van der Waals surface area contributed by atoms with Crippen molar-refractivity contribution in [1.82, 2.24) is 14.9 Å². The zero-order chi connectivity index (χ0) is 24.1. The number of rotatable bonds is 10. The first kappa shape index (κ1) is 24.5. The van der Waals surface area contributed by atoms with Gasteiger partial charge >= 0.3 is 5.97 Å². The summed E-state index contributed by atoms with van der Waals surface area (Å²) < 4.78 is 2.36. The standard InChI is InChI=1S/C27H35N3O3S/c1-18(2)13-21(15-26(31)32)28-27(33)20-10-11-24-23(14-20)29-25(16-22-9-6-12-34-22)30(24)17-19-7-4-3-5-8-19/h6,9-12,14,18-19,21H,3-5,7-8,13,15-17H2,1-2H3,(H,28,33)(H,31,32)/t21-/m0/s1. The molecule has 2 heterocycles. The number of hydrogen-bond acceptors (Lipinski definition) is 4. The number of hydrogen-bond donors (Lipinski definition) is 2. The Bertz CT molecular complexity index is 1110. The van der Waals surface area contributed by atoms with Gasteiger partial charge in [0.25, 0.3) is 5.91 Å². The second-order valence-electron chi connectivity index (χ2n) is 10.0. The van der Waals surface area contributed by atoms with Gasteiger partial charge in [-0.05, 0) is 60.7 Å². The lowest BCUT2D eigenvalue weighted by Gasteiger charge is -2.23. The second-order valence-corrected chi connectivity index (χ2v) is 11.0. The molecule has 1 aliphatic carbocycles. The van der Waals surface area contributed by atoms with Gasteiger partial charge in [-0.1, -0.05) is 39.2 Å². The summed E-state index contributed by atoms with van der Waals surface area (Å²) in [5.41, 5.74) is 2.42. The minimum absolute atomic E-state index is 0.0762. The Labute approximate surface area is 205 Å². The molecule has 0 saturated heterocycles. The molecule has 2 aromatic heterocycles. The predicted molar refractivity (Wildman–Crippen MR) is 136 cm³/mol. The van der Waals surface area contributed by atoms with Crippen molar-refractivity contribution in [2.45, 2.75) is 77.8 Å². The number of carboxylic acids is 1. The van der Waals surface area contributed by atoms with Gasteiger partial charge in [0.2, 0.25) is 0 Å². The van der Waals surface area contributed by atoms with Gasteiger partial charge in [0, 0.05) is 29.4 Å². The molecule has 1 amide bonds. The van der Waals surface area contributed by atoms with E-state index in [1.54, 1.807) is 11.3 Å². The number of carboxylic acid groups (broad SMARTS) is 1. The normalized spacial score (nSPS) is 15.6. The maximum atomic E-state index is 13.0. The van der Waals surface area contributed by atoms with Crippen LogP contribution in [0.5, 0.6) is 0 Å². The van der Waals surface area contributed by atoms with Gasteiger partial charge in [-0.3, -0.25) is 9.59 Å². The largest absolute Gasteiger partial charge is 0.481 e. The van der Waals surface area contributed by atoms with Crippen LogP contribution in [0.3, 0.4) is 0 Å². The van der Waals surface area contributed by atoms with E-state index in [2.05, 4.69) is 27.4 Å². The molecule has 1 atom stereocenters. The van der Waals surface area contributed by atoms with Gasteiger partial charge in [-0.25, -0.2) is 4.98 Å². The van der Waals surface area contributed by atoms with E-state index in [4.69, 9.17) is 4.98 Å². The third kappa shape index (κ3) is 6.26. The van der Waals surface area contributed by atoms with Crippen LogP contribution in [0.1, 0.15) is 79.9 Å². The highest BCUT2D eigenvalue weighted by Gasteiger charge is 2.21. The molecule has 4 rings (SSSR count). The molecule has 182 valence electrons. The molecule has 7 heteroatoms. The second kappa shape index (κ2) is 11.2. The van der Waals surface area contributed by atoms with Crippen LogP contribution in [0.2, 0.25) is 0 Å². The Morgan fingerprint density at radius 3 is 2.68 bits per heavy atom. The lowest BCUT2D eigenvalue weighted by Crippen LogP contribution is -2.37. The lowest BCUT2D eigenvalue weighted by molar-refractivity contribution is -0.137. The van der Waals surface area contributed by atoms with Crippen LogP contribution < -0.4 is 5.32 Å². The molecule has 0 unspecified atom stereocenters. The highest BCUT2D eigenvalue weighted by atomic mass is 32.1. The Morgan fingerprint density at radius 2 is 2.00 bits per heavy atom. The fraction of sp³-hybridized carbons (Fsp3) is 0.519. The quantitative estimate of drug-likeness (QED) is 0.378. The topological polar surface area (TPSA) is 84.2 Å². The fourth-order valence-corrected chi connectivity index (χ4v) is 5.80. The summed E-state index contributed by atoms with van der Waals surface area (Å²) in [6.07, 6.45) is 7.80. The summed E-state index contributed by atoms with van der Waals surface area (Å²) in [5, 5.41) is 14.3. The number of nitrogens with zero attached hydrogens (tertiary/aromatic N) is 2. The number of nitrogens with one attached hydrogen (secondary N) is 1. The summed E-state index contributed by atoms with van der Waals surface area (Å²) in [5.74, 6) is 0.868. The number of fused-ring (bicyclic) bond motifs is 1. The van der Waals surface area contributed by atoms with E-state index in [0.29, 0.717) is 23.8 Å². The van der Waals surface area contributed by atoms with Crippen molar-refractivity contribution in [1.29, 1.82) is 0 Å². The van der Waals surface area contributed by atoms with Gasteiger partial charge in [0.15, 0.2) is 0 Å². The SMILES string of the molecule is CC(C)C[C@@H](CC(=O)O)NC(=O)c1ccc2c(c1)nc(Cc1cccs1)n2CC1CCCCC1. The van der Waals surface area contributed by atoms with Crippen LogP contribution in [0.4, 0.5) is 0 Å². The van der Waals surface area contributed by atoms with Crippen LogP contribution in [0.15, 0.2) is 35.7 Å². The van der Waals surface area contributed by atoms with Gasteiger partial charge < -0.3 is 15.0 Å². The third-order valence-corrected chi connectivity index (χ3v) is 7.56. The predicted octanol–water partition coefficient (Wildman–Crippen LogP) is 5.89. The molecule has 34 heavy (non-hydrogen) atoms. The molecule has 1 saturated carbocycles. The van der Waals surface area contributed by atoms with E-state index < -0.39 is 5.97 Å². The highest BCUT2D eigenvalue weighted by Crippen LogP contribution is 2.29. The summed E-state index contributed by atoms with van der Waals surface area (Å²) >= 11 is 1.74. The summed E-state index contributed by atoms with van der Waals surface area (Å²) in [7, 11) is 0. The van der Waals surface area contributed by atoms with E-state index >= 15 is 0 Å². The molecule has 1 aliphatic rings. The van der Waals surface area contributed by atoms with Crippen LogP contribution in [0, 0.1) is 11.8 Å². The third-order valence-electron chi connectivity index (χ3n) is 6.68. The van der Waals surface area contributed by atoms with Crippen LogP contribution in [-0.2, 0) is 17.8 Å². The average Bonchev–Trinajstić information content (AvgIpc) is 3.41. The van der Waals surface area contributed by atoms with E-state index in [-0.39, 0.29) is 18.4 Å². The Balaban J connectivity index is 1.60. The van der Waals surface area contributed by atoms with Crippen LogP contribution in [0.25, 0.3) is 11.0 Å². The first-order valence-corrected chi connectivity index (χ1v) is 13.3. The van der Waals surface area contributed by atoms with Crippen molar-refractivity contribution in [3.05, 3.63) is 52.0 Å². The maximum absolute atomic E-state index is 13.0. The number of aromatic nitrogens is 2. The molecule has 1 fully saturated rings. The summed E-state index contributed by atoms with van der Waals surface area (Å²) in [6, 6.07) is 9.53. The maximum Gasteiger partial charge on any atom is 0.305 e. The number of carbonyl (C=O) groups is 2. The molecule has 0 bridgehead atoms. The number of amides is 1. The number of aliphatic carboxylic acids is 1. The van der Waals surface area contributed by atoms with Crippen molar-refractivity contribution in [2.24, 2.45) is 11.8 Å². The van der Waals surface area contributed by atoms with Crippen molar-refractivity contribution in [2.75, 3.05) is 0 Å². The molecule has 3 aromatic rings. The molecule has 6 nitrogen and oxygen atoms in total. The molecule has 0 radical (unpaired) electrons. The zero-order valence-electron chi connectivity index (χ0n) is 20.1. The summed E-state index contributed by atoms with van der Waals surface area (Å²) in [6.45, 7) is 5.03. The van der Waals surface area contributed by atoms with Crippen molar-refractivity contribution >= 4 is 34.2 Å². The minimum atomic E-state index is -0.902. The number of carbonyl (C=O) groups excluding carboxylic acids is 1. The van der Waals surface area contributed by atoms with E-state index in [1.165, 1.54) is 37.0 Å². The van der Waals surface area contributed by atoms with E-state index in [0.717, 1.165) is 29.8 Å². The molecule has 1 aromatic carbocycles. The van der Waals surface area contributed by atoms with E-state index in [1.807, 2.05) is 32.0 Å². The highest BCUT2D eigenvalue weighted by molar-refractivity contribution is 7.09. The first-order chi connectivity index (χ1) is 16.4. The lowest BCUT2D eigenvalue weighted by atomic mass is 9.89. The van der Waals surface area contributed by atoms with Crippen molar-refractivity contribution in [3.8, 4) is 0 Å². The van der Waals surface area contributed by atoms with Crippen molar-refractivity contribution in [3.63, 3.8) is 0 Å². The van der Waals surface area contributed by atoms with Crippen LogP contribution >= 0.6 is 11.3 Å². The first-order valence-electron chi connectivity index (χ1n) is 12.4. The monoisotopic (exact) mass is 481 g/mol. The van der Waals surface area contributed by atoms with Crippen LogP contribution in [-0.4, -0.2) is 32.6 Å². The number of benzene rings is 1. The number of thiophene rings is 1. The zero-order valence-corrected chi connectivity index (χ0v) is 20.9. The molecular formula is C27H35N3O3S. The molecule has 2 N–H and O–H groups in total. The van der Waals surface area contributed by atoms with E-state index in [9.17, 15) is 14.7 Å². The minimum Gasteiger partial charge on any atom is -0.481 e. The van der Waals surface area contributed by atoms with Crippen molar-refractivity contribution < 1.29 is 14.7 Å². The molecule has 0 spiro atoms. The molecule has 0 aliphatic heterocycles. The smallest absolute Gasteiger partial charge is 0.305 e. The Kier molecular flexibility index (Phi) is 8.03.